The first kappa shape index (κ1) is 18.6. The zero-order valence-corrected chi connectivity index (χ0v) is 15.4. The van der Waals surface area contributed by atoms with Gasteiger partial charge >= 0.3 is 0 Å². The highest BCUT2D eigenvalue weighted by Crippen LogP contribution is 2.48. The minimum Gasteiger partial charge on any atom is -0.493 e. The van der Waals surface area contributed by atoms with Gasteiger partial charge in [0.2, 0.25) is 0 Å². The standard InChI is InChI=1S/C20H21FO4S/c1-26(23,24)10-2-9-25-19-12-14(13-22)11-18(15-3-4-15)20(19)16-5-7-17(21)8-6-16/h5-8,11-13,15H,2-4,9-10H2,1H3. The van der Waals surface area contributed by atoms with Crippen LogP contribution in [0.25, 0.3) is 11.1 Å². The summed E-state index contributed by atoms with van der Waals surface area (Å²) in [6.45, 7) is 0.230. The van der Waals surface area contributed by atoms with E-state index in [0.717, 1.165) is 35.8 Å². The van der Waals surface area contributed by atoms with E-state index >= 15 is 0 Å². The maximum absolute atomic E-state index is 13.3. The summed E-state index contributed by atoms with van der Waals surface area (Å²) in [5, 5.41) is 0. The van der Waals surface area contributed by atoms with Gasteiger partial charge in [-0.2, -0.15) is 0 Å². The van der Waals surface area contributed by atoms with Crippen LogP contribution >= 0.6 is 0 Å². The number of hydrogen-bond donors (Lipinski definition) is 0. The normalized spacial score (nSPS) is 14.2. The Morgan fingerprint density at radius 2 is 1.88 bits per heavy atom. The molecule has 0 unspecified atom stereocenters. The number of halogens is 1. The molecule has 0 saturated heterocycles. The number of rotatable bonds is 8. The van der Waals surface area contributed by atoms with E-state index in [9.17, 15) is 17.6 Å². The van der Waals surface area contributed by atoms with Gasteiger partial charge in [-0.1, -0.05) is 12.1 Å². The van der Waals surface area contributed by atoms with Crippen molar-refractivity contribution in [1.29, 1.82) is 0 Å². The van der Waals surface area contributed by atoms with Crippen LogP contribution in [-0.4, -0.2) is 33.3 Å². The number of aldehydes is 1. The van der Waals surface area contributed by atoms with Crippen molar-refractivity contribution in [2.75, 3.05) is 18.6 Å². The highest BCUT2D eigenvalue weighted by Gasteiger charge is 2.29. The average Bonchev–Trinajstić information content (AvgIpc) is 3.43. The number of carbonyl (C=O) groups excluding carboxylic acids is 1. The van der Waals surface area contributed by atoms with E-state index in [1.165, 1.54) is 18.4 Å². The molecule has 1 aliphatic rings. The molecule has 4 nitrogen and oxygen atoms in total. The summed E-state index contributed by atoms with van der Waals surface area (Å²) in [5.41, 5.74) is 3.23. The van der Waals surface area contributed by atoms with Crippen molar-refractivity contribution in [3.05, 3.63) is 53.3 Å². The summed E-state index contributed by atoms with van der Waals surface area (Å²) < 4.78 is 41.7. The van der Waals surface area contributed by atoms with Gasteiger partial charge in [0.25, 0.3) is 0 Å². The molecule has 2 aromatic rings. The molecule has 0 heterocycles. The van der Waals surface area contributed by atoms with Crippen molar-refractivity contribution < 1.29 is 22.3 Å². The number of carbonyl (C=O) groups is 1. The van der Waals surface area contributed by atoms with Crippen molar-refractivity contribution in [2.24, 2.45) is 0 Å². The van der Waals surface area contributed by atoms with Gasteiger partial charge in [-0.3, -0.25) is 4.79 Å². The predicted molar refractivity (Wildman–Crippen MR) is 99.0 cm³/mol. The third-order valence-corrected chi connectivity index (χ3v) is 5.39. The molecule has 26 heavy (non-hydrogen) atoms. The first-order chi connectivity index (χ1) is 12.4. The summed E-state index contributed by atoms with van der Waals surface area (Å²) >= 11 is 0. The Morgan fingerprint density at radius 3 is 2.46 bits per heavy atom. The molecule has 0 amide bonds. The van der Waals surface area contributed by atoms with Crippen molar-refractivity contribution >= 4 is 16.1 Å². The van der Waals surface area contributed by atoms with Crippen LogP contribution < -0.4 is 4.74 Å². The van der Waals surface area contributed by atoms with Gasteiger partial charge in [0.1, 0.15) is 27.7 Å². The molecule has 1 fully saturated rings. The Balaban J connectivity index is 1.96. The van der Waals surface area contributed by atoms with E-state index in [0.29, 0.717) is 23.7 Å². The van der Waals surface area contributed by atoms with Gasteiger partial charge < -0.3 is 4.74 Å². The fourth-order valence-corrected chi connectivity index (χ4v) is 3.63. The third kappa shape index (κ3) is 4.69. The van der Waals surface area contributed by atoms with Crippen LogP contribution in [0.15, 0.2) is 36.4 Å². The van der Waals surface area contributed by atoms with Crippen LogP contribution in [0.2, 0.25) is 0 Å². The lowest BCUT2D eigenvalue weighted by Gasteiger charge is -2.17. The van der Waals surface area contributed by atoms with Crippen LogP contribution in [0.3, 0.4) is 0 Å². The largest absolute Gasteiger partial charge is 0.493 e. The number of sulfone groups is 1. The first-order valence-corrected chi connectivity index (χ1v) is 10.6. The van der Waals surface area contributed by atoms with Crippen molar-refractivity contribution in [3.63, 3.8) is 0 Å². The van der Waals surface area contributed by atoms with Gasteiger partial charge in [0.15, 0.2) is 0 Å². The maximum Gasteiger partial charge on any atom is 0.150 e. The van der Waals surface area contributed by atoms with E-state index in [1.54, 1.807) is 18.2 Å². The molecule has 0 bridgehead atoms. The van der Waals surface area contributed by atoms with Crippen LogP contribution in [0.4, 0.5) is 4.39 Å². The van der Waals surface area contributed by atoms with Crippen LogP contribution in [0.1, 0.15) is 41.1 Å². The molecule has 0 aromatic heterocycles. The van der Waals surface area contributed by atoms with E-state index in [-0.39, 0.29) is 18.2 Å². The number of benzene rings is 2. The number of hydrogen-bond acceptors (Lipinski definition) is 4. The zero-order valence-electron chi connectivity index (χ0n) is 14.6. The lowest BCUT2D eigenvalue weighted by atomic mass is 9.93. The third-order valence-electron chi connectivity index (χ3n) is 4.36. The van der Waals surface area contributed by atoms with E-state index in [4.69, 9.17) is 4.74 Å². The Hall–Kier alpha value is -2.21. The van der Waals surface area contributed by atoms with Crippen molar-refractivity contribution in [2.45, 2.75) is 25.2 Å². The first-order valence-electron chi connectivity index (χ1n) is 8.57. The summed E-state index contributed by atoms with van der Waals surface area (Å²) in [4.78, 5) is 11.3. The van der Waals surface area contributed by atoms with Crippen LogP contribution in [0, 0.1) is 5.82 Å². The monoisotopic (exact) mass is 376 g/mol. The topological polar surface area (TPSA) is 60.4 Å². The molecule has 3 rings (SSSR count). The SMILES string of the molecule is CS(=O)(=O)CCCOc1cc(C=O)cc(C2CC2)c1-c1ccc(F)cc1. The molecular formula is C20H21FO4S. The molecular weight excluding hydrogens is 355 g/mol. The summed E-state index contributed by atoms with van der Waals surface area (Å²) in [6, 6.07) is 9.71. The maximum atomic E-state index is 13.3. The van der Waals surface area contributed by atoms with Gasteiger partial charge in [0, 0.05) is 17.4 Å². The summed E-state index contributed by atoms with van der Waals surface area (Å²) in [5.74, 6) is 0.633. The second-order valence-corrected chi connectivity index (χ2v) is 8.97. The second-order valence-electron chi connectivity index (χ2n) is 6.71. The minimum atomic E-state index is -3.05. The highest BCUT2D eigenvalue weighted by atomic mass is 32.2. The van der Waals surface area contributed by atoms with Gasteiger partial charge in [-0.25, -0.2) is 12.8 Å². The van der Waals surface area contributed by atoms with Crippen LogP contribution in [-0.2, 0) is 9.84 Å². The Bertz CT molecular complexity index is 900. The molecule has 0 atom stereocenters. The molecule has 6 heteroatoms. The summed E-state index contributed by atoms with van der Waals surface area (Å²) in [6.07, 6.45) is 4.43. The quantitative estimate of drug-likeness (QED) is 0.516. The smallest absolute Gasteiger partial charge is 0.150 e. The molecule has 1 saturated carbocycles. The van der Waals surface area contributed by atoms with Gasteiger partial charge in [0.05, 0.1) is 12.4 Å². The minimum absolute atomic E-state index is 0.0434. The fourth-order valence-electron chi connectivity index (χ4n) is 2.99. The van der Waals surface area contributed by atoms with Gasteiger partial charge in [-0.05, 0) is 60.6 Å². The lowest BCUT2D eigenvalue weighted by Crippen LogP contribution is -2.09. The number of ether oxygens (including phenoxy) is 1. The van der Waals surface area contributed by atoms with Crippen molar-refractivity contribution in [1.82, 2.24) is 0 Å². The molecule has 0 spiro atoms. The molecule has 2 aromatic carbocycles. The van der Waals surface area contributed by atoms with Gasteiger partial charge in [-0.15, -0.1) is 0 Å². The van der Waals surface area contributed by atoms with Crippen molar-refractivity contribution in [3.8, 4) is 16.9 Å². The summed E-state index contributed by atoms with van der Waals surface area (Å²) in [7, 11) is -3.05. The predicted octanol–water partition coefficient (Wildman–Crippen LogP) is 4.00. The average molecular weight is 376 g/mol. The lowest BCUT2D eigenvalue weighted by molar-refractivity contribution is 0.112. The highest BCUT2D eigenvalue weighted by molar-refractivity contribution is 7.90. The fraction of sp³-hybridized carbons (Fsp3) is 0.350. The second kappa shape index (κ2) is 7.58. The molecule has 138 valence electrons. The van der Waals surface area contributed by atoms with E-state index in [1.807, 2.05) is 6.07 Å². The van der Waals surface area contributed by atoms with Crippen LogP contribution in [0.5, 0.6) is 5.75 Å². The Kier molecular flexibility index (Phi) is 5.41. The Labute approximate surface area is 152 Å². The van der Waals surface area contributed by atoms with E-state index < -0.39 is 9.84 Å². The van der Waals surface area contributed by atoms with E-state index in [2.05, 4.69) is 0 Å². The molecule has 0 N–H and O–H groups in total. The Morgan fingerprint density at radius 1 is 1.19 bits per heavy atom. The molecule has 0 aliphatic heterocycles. The molecule has 0 radical (unpaired) electrons. The zero-order chi connectivity index (χ0) is 18.7. The molecule has 1 aliphatic carbocycles.